The second-order valence-electron chi connectivity index (χ2n) is 8.11. The van der Waals surface area contributed by atoms with Crippen molar-refractivity contribution in [2.75, 3.05) is 38.5 Å². The molecule has 0 amide bonds. The predicted octanol–water partition coefficient (Wildman–Crippen LogP) is 3.37. The van der Waals surface area contributed by atoms with Crippen LogP contribution in [0.5, 0.6) is 11.5 Å². The zero-order chi connectivity index (χ0) is 24.3. The molecule has 0 radical (unpaired) electrons. The van der Waals surface area contributed by atoms with Crippen molar-refractivity contribution in [2.45, 2.75) is 6.10 Å². The van der Waals surface area contributed by atoms with Crippen LogP contribution in [0.3, 0.4) is 0 Å². The Balaban J connectivity index is 0.00000342. The van der Waals surface area contributed by atoms with Crippen LogP contribution in [-0.4, -0.2) is 61.7 Å². The molecule has 0 fully saturated rings. The molecular weight excluding hydrogens is 492 g/mol. The van der Waals surface area contributed by atoms with Crippen LogP contribution in [0.1, 0.15) is 11.7 Å². The number of nitrogens with one attached hydrogen (secondary N) is 3. The molecule has 0 saturated carbocycles. The molecule has 0 aliphatic heterocycles. The number of anilines is 1. The highest BCUT2D eigenvalue weighted by Crippen LogP contribution is 2.29. The number of ether oxygens (including phenoxy) is 1. The van der Waals surface area contributed by atoms with E-state index in [-0.39, 0.29) is 30.4 Å². The fourth-order valence-electron chi connectivity index (χ4n) is 3.59. The van der Waals surface area contributed by atoms with Crippen LogP contribution in [0.2, 0.25) is 0 Å². The Morgan fingerprint density at radius 1 is 1.03 bits per heavy atom. The number of nitrogens with zero attached hydrogens (tertiary/aromatic N) is 1. The summed E-state index contributed by atoms with van der Waals surface area (Å²) in [5.41, 5.74) is 2.56. The summed E-state index contributed by atoms with van der Waals surface area (Å²) in [6.45, 7) is 1.14. The Kier molecular flexibility index (Phi) is 8.47. The van der Waals surface area contributed by atoms with E-state index in [0.717, 1.165) is 26.5 Å². The molecule has 4 aromatic rings. The molecule has 1 atom stereocenters. The quantitative estimate of drug-likeness (QED) is 0.161. The molecule has 188 valence electrons. The number of aromatic nitrogens is 1. The third kappa shape index (κ3) is 6.16. The van der Waals surface area contributed by atoms with Gasteiger partial charge >= 0.3 is 10.2 Å². The molecule has 0 aliphatic rings. The third-order valence-corrected chi connectivity index (χ3v) is 6.93. The number of aromatic amines is 1. The van der Waals surface area contributed by atoms with Crippen molar-refractivity contribution in [3.05, 3.63) is 66.2 Å². The Hall–Kier alpha value is -3.02. The first-order valence-electron chi connectivity index (χ1n) is 10.8. The van der Waals surface area contributed by atoms with Gasteiger partial charge in [-0.15, -0.1) is 12.4 Å². The Morgan fingerprint density at radius 2 is 1.77 bits per heavy atom. The van der Waals surface area contributed by atoms with Crippen LogP contribution >= 0.6 is 12.4 Å². The van der Waals surface area contributed by atoms with Crippen molar-refractivity contribution < 1.29 is 23.4 Å². The first-order valence-corrected chi connectivity index (χ1v) is 12.2. The molecule has 0 bridgehead atoms. The van der Waals surface area contributed by atoms with Crippen LogP contribution < -0.4 is 14.8 Å². The van der Waals surface area contributed by atoms with Crippen LogP contribution in [0, 0.1) is 0 Å². The first kappa shape index (κ1) is 26.6. The summed E-state index contributed by atoms with van der Waals surface area (Å²) in [5.74, 6) is 0.521. The lowest BCUT2D eigenvalue weighted by atomic mass is 10.1. The Bertz CT molecular complexity index is 1410. The number of aromatic hydroxyl groups is 1. The third-order valence-electron chi connectivity index (χ3n) is 5.49. The summed E-state index contributed by atoms with van der Waals surface area (Å²) < 4.78 is 33.2. The molecule has 0 saturated heterocycles. The highest BCUT2D eigenvalue weighted by Gasteiger charge is 2.17. The van der Waals surface area contributed by atoms with Crippen molar-refractivity contribution in [1.29, 1.82) is 0 Å². The van der Waals surface area contributed by atoms with Crippen LogP contribution in [-0.2, 0) is 10.2 Å². The van der Waals surface area contributed by atoms with Crippen molar-refractivity contribution >= 4 is 50.1 Å². The monoisotopic (exact) mass is 520 g/mol. The van der Waals surface area contributed by atoms with Gasteiger partial charge in [-0.25, -0.2) is 0 Å². The zero-order valence-corrected chi connectivity index (χ0v) is 21.0. The average molecular weight is 521 g/mol. The van der Waals surface area contributed by atoms with E-state index in [0.29, 0.717) is 18.7 Å². The summed E-state index contributed by atoms with van der Waals surface area (Å²) in [6.07, 6.45) is -0.897. The minimum absolute atomic E-state index is 0. The van der Waals surface area contributed by atoms with E-state index in [1.807, 2.05) is 36.4 Å². The maximum Gasteiger partial charge on any atom is 0.301 e. The van der Waals surface area contributed by atoms with Crippen LogP contribution in [0.4, 0.5) is 5.69 Å². The molecule has 3 aromatic carbocycles. The highest BCUT2D eigenvalue weighted by atomic mass is 35.5. The Labute approximate surface area is 210 Å². The number of para-hydroxylation sites is 1. The van der Waals surface area contributed by atoms with E-state index in [1.54, 1.807) is 6.07 Å². The lowest BCUT2D eigenvalue weighted by Crippen LogP contribution is -2.29. The fourth-order valence-corrected chi connectivity index (χ4v) is 4.22. The predicted molar refractivity (Wildman–Crippen MR) is 141 cm³/mol. The normalized spacial score (nSPS) is 12.6. The molecule has 1 heterocycles. The number of hydrogen-bond acceptors (Lipinski definition) is 6. The van der Waals surface area contributed by atoms with Gasteiger partial charge in [-0.05, 0) is 35.9 Å². The molecule has 0 aliphatic carbocycles. The maximum atomic E-state index is 12.0. The molecule has 9 nitrogen and oxygen atoms in total. The van der Waals surface area contributed by atoms with Gasteiger partial charge in [0.05, 0.1) is 17.3 Å². The second kappa shape index (κ2) is 11.1. The molecule has 0 spiro atoms. The van der Waals surface area contributed by atoms with Crippen molar-refractivity contribution in [2.24, 2.45) is 0 Å². The first-order chi connectivity index (χ1) is 16.2. The minimum Gasteiger partial charge on any atom is -0.506 e. The highest BCUT2D eigenvalue weighted by molar-refractivity contribution is 7.90. The van der Waals surface area contributed by atoms with Gasteiger partial charge in [0.25, 0.3) is 0 Å². The molecule has 35 heavy (non-hydrogen) atoms. The number of phenolic OH excluding ortho intramolecular Hbond substituents is 1. The molecular formula is C24H29ClN4O5S. The second-order valence-corrected chi connectivity index (χ2v) is 10.00. The summed E-state index contributed by atoms with van der Waals surface area (Å²) in [5, 5.41) is 25.9. The number of hydrogen-bond donors (Lipinski definition) is 5. The van der Waals surface area contributed by atoms with Gasteiger partial charge in [0.2, 0.25) is 0 Å². The van der Waals surface area contributed by atoms with E-state index in [9.17, 15) is 18.6 Å². The van der Waals surface area contributed by atoms with E-state index in [4.69, 9.17) is 4.74 Å². The van der Waals surface area contributed by atoms with Gasteiger partial charge in [-0.2, -0.15) is 12.7 Å². The topological polar surface area (TPSA) is 127 Å². The number of benzene rings is 3. The molecule has 11 heteroatoms. The number of aliphatic hydroxyl groups is 1. The van der Waals surface area contributed by atoms with Gasteiger partial charge in [-0.1, -0.05) is 24.3 Å². The number of fused-ring (bicyclic) bond motifs is 3. The van der Waals surface area contributed by atoms with Gasteiger partial charge in [0.15, 0.2) is 0 Å². The number of H-pyrrole nitrogens is 1. The number of rotatable bonds is 10. The molecule has 4 rings (SSSR count). The average Bonchev–Trinajstić information content (AvgIpc) is 3.17. The van der Waals surface area contributed by atoms with E-state index in [1.165, 1.54) is 31.6 Å². The van der Waals surface area contributed by atoms with Crippen LogP contribution in [0.25, 0.3) is 21.8 Å². The van der Waals surface area contributed by atoms with Crippen molar-refractivity contribution in [1.82, 2.24) is 14.6 Å². The van der Waals surface area contributed by atoms with E-state index < -0.39 is 16.3 Å². The lowest BCUT2D eigenvalue weighted by Gasteiger charge is -2.17. The van der Waals surface area contributed by atoms with Crippen molar-refractivity contribution in [3.63, 3.8) is 0 Å². The largest absolute Gasteiger partial charge is 0.506 e. The summed E-state index contributed by atoms with van der Waals surface area (Å²) in [7, 11) is -1.03. The summed E-state index contributed by atoms with van der Waals surface area (Å²) in [4.78, 5) is 3.39. The zero-order valence-electron chi connectivity index (χ0n) is 19.4. The smallest absolute Gasteiger partial charge is 0.301 e. The van der Waals surface area contributed by atoms with Gasteiger partial charge in [0, 0.05) is 49.5 Å². The molecule has 0 unspecified atom stereocenters. The Morgan fingerprint density at radius 3 is 2.54 bits per heavy atom. The van der Waals surface area contributed by atoms with E-state index >= 15 is 0 Å². The van der Waals surface area contributed by atoms with Crippen molar-refractivity contribution in [3.8, 4) is 11.5 Å². The van der Waals surface area contributed by atoms with Crippen LogP contribution in [0.15, 0.2) is 60.7 Å². The number of aliphatic hydroxyl groups excluding tert-OH is 1. The number of halogens is 1. The summed E-state index contributed by atoms with van der Waals surface area (Å²) >= 11 is 0. The molecule has 1 aromatic heterocycles. The fraction of sp³-hybridized carbons (Fsp3) is 0.250. The van der Waals surface area contributed by atoms with Gasteiger partial charge < -0.3 is 25.3 Å². The van der Waals surface area contributed by atoms with Gasteiger partial charge in [-0.3, -0.25) is 4.72 Å². The number of phenols is 1. The lowest BCUT2D eigenvalue weighted by molar-refractivity contribution is 0.172. The van der Waals surface area contributed by atoms with E-state index in [2.05, 4.69) is 21.1 Å². The molecule has 5 N–H and O–H groups in total. The standard InChI is InChI=1S/C24H28N4O5S.ClH/c1-28(2)34(31,32)27-22-13-16(7-10-23(22)29)24(30)15-25-11-12-33-17-8-9-19-18-5-3-4-6-20(18)26-21(19)14-17;/h3-10,13-14,24-27,29-30H,11-12,15H2,1-2H3;1H/t24-;/m1./s1. The summed E-state index contributed by atoms with van der Waals surface area (Å²) in [6, 6.07) is 18.4. The van der Waals surface area contributed by atoms with Gasteiger partial charge in [0.1, 0.15) is 18.1 Å². The SMILES string of the molecule is CN(C)S(=O)(=O)Nc1cc([C@H](O)CNCCOc2ccc3c(c2)[nH]c2ccccc23)ccc1O.Cl. The minimum atomic E-state index is -3.78. The maximum absolute atomic E-state index is 12.0.